The molecule has 10 nitrogen and oxygen atoms in total. The molecule has 1 unspecified atom stereocenters. The molecule has 3 aromatic heterocycles. The lowest BCUT2D eigenvalue weighted by atomic mass is 10.0. The fourth-order valence-electron chi connectivity index (χ4n) is 5.38. The van der Waals surface area contributed by atoms with Crippen LogP contribution in [0.5, 0.6) is 0 Å². The van der Waals surface area contributed by atoms with E-state index in [1.54, 1.807) is 6.07 Å². The Bertz CT molecular complexity index is 1380. The van der Waals surface area contributed by atoms with E-state index in [1.165, 1.54) is 11.0 Å². The average Bonchev–Trinajstić information content (AvgIpc) is 3.41. The quantitative estimate of drug-likeness (QED) is 0.601. The lowest BCUT2D eigenvalue weighted by Gasteiger charge is -2.25. The first-order valence-electron chi connectivity index (χ1n) is 12.8. The van der Waals surface area contributed by atoms with E-state index in [2.05, 4.69) is 24.7 Å². The van der Waals surface area contributed by atoms with E-state index in [0.717, 1.165) is 50.3 Å². The number of nitrogens with one attached hydrogen (secondary N) is 1. The molecule has 0 aromatic carbocycles. The number of carbonyl (C=O) groups excluding carboxylic acids is 1. The number of pyridine rings is 1. The van der Waals surface area contributed by atoms with Crippen molar-refractivity contribution in [3.05, 3.63) is 49.8 Å². The van der Waals surface area contributed by atoms with Gasteiger partial charge in [0.25, 0.3) is 11.5 Å². The van der Waals surface area contributed by atoms with E-state index in [9.17, 15) is 14.4 Å². The third-order valence-electron chi connectivity index (χ3n) is 7.19. The summed E-state index contributed by atoms with van der Waals surface area (Å²) < 4.78 is 3.67. The van der Waals surface area contributed by atoms with Gasteiger partial charge in [0.2, 0.25) is 0 Å². The van der Waals surface area contributed by atoms with Gasteiger partial charge in [-0.15, -0.1) is 10.2 Å². The van der Waals surface area contributed by atoms with Crippen molar-refractivity contribution < 1.29 is 4.79 Å². The van der Waals surface area contributed by atoms with E-state index in [0.29, 0.717) is 30.8 Å². The van der Waals surface area contributed by atoms with Crippen LogP contribution in [0.1, 0.15) is 99.0 Å². The Kier molecular flexibility index (Phi) is 6.29. The number of carbonyl (C=O) groups is 1. The fraction of sp³-hybridized carbons (Fsp3) is 0.600. The molecule has 0 bridgehead atoms. The molecule has 3 aromatic rings. The zero-order valence-corrected chi connectivity index (χ0v) is 20.7. The Morgan fingerprint density at radius 2 is 1.97 bits per heavy atom. The van der Waals surface area contributed by atoms with E-state index in [-0.39, 0.29) is 28.9 Å². The van der Waals surface area contributed by atoms with Crippen LogP contribution in [0.15, 0.2) is 15.7 Å². The predicted octanol–water partition coefficient (Wildman–Crippen LogP) is 2.91. The highest BCUT2D eigenvalue weighted by atomic mass is 16.2. The number of aromatic amines is 1. The van der Waals surface area contributed by atoms with Gasteiger partial charge in [0.05, 0.1) is 17.0 Å². The number of rotatable bonds is 5. The van der Waals surface area contributed by atoms with Crippen molar-refractivity contribution in [2.75, 3.05) is 6.54 Å². The summed E-state index contributed by atoms with van der Waals surface area (Å²) >= 11 is 0. The molecule has 0 aliphatic carbocycles. The molecule has 5 rings (SSSR count). The molecule has 35 heavy (non-hydrogen) atoms. The van der Waals surface area contributed by atoms with Gasteiger partial charge in [0.1, 0.15) is 5.82 Å². The second-order valence-corrected chi connectivity index (χ2v) is 9.95. The molecular weight excluding hydrogens is 446 g/mol. The smallest absolute Gasteiger partial charge is 0.328 e. The fourth-order valence-corrected chi connectivity index (χ4v) is 5.38. The largest absolute Gasteiger partial charge is 0.329 e. The molecule has 0 saturated carbocycles. The summed E-state index contributed by atoms with van der Waals surface area (Å²) in [5, 5.41) is 9.14. The first-order chi connectivity index (χ1) is 16.9. The minimum Gasteiger partial charge on any atom is -0.328 e. The summed E-state index contributed by atoms with van der Waals surface area (Å²) in [5.74, 6) is 1.64. The zero-order chi connectivity index (χ0) is 24.7. The van der Waals surface area contributed by atoms with Gasteiger partial charge in [-0.25, -0.2) is 9.78 Å². The van der Waals surface area contributed by atoms with Gasteiger partial charge in [-0.2, -0.15) is 0 Å². The van der Waals surface area contributed by atoms with Crippen molar-refractivity contribution >= 4 is 16.9 Å². The monoisotopic (exact) mass is 479 g/mol. The van der Waals surface area contributed by atoms with E-state index in [4.69, 9.17) is 0 Å². The highest BCUT2D eigenvalue weighted by Crippen LogP contribution is 2.34. The molecule has 186 valence electrons. The number of aromatic nitrogens is 6. The van der Waals surface area contributed by atoms with Crippen LogP contribution in [0.4, 0.5) is 0 Å². The number of hydrogen-bond donors (Lipinski definition) is 1. The van der Waals surface area contributed by atoms with Crippen molar-refractivity contribution in [3.8, 4) is 0 Å². The summed E-state index contributed by atoms with van der Waals surface area (Å²) in [6.07, 6.45) is 6.62. The molecule has 5 heterocycles. The minimum atomic E-state index is -0.574. The van der Waals surface area contributed by atoms with Gasteiger partial charge in [0, 0.05) is 31.7 Å². The first kappa shape index (κ1) is 23.4. The van der Waals surface area contributed by atoms with Crippen molar-refractivity contribution in [1.82, 2.24) is 34.2 Å². The summed E-state index contributed by atoms with van der Waals surface area (Å²) in [6, 6.07) is 1.54. The number of nitrogens with zero attached hydrogens (tertiary/aromatic N) is 6. The van der Waals surface area contributed by atoms with Crippen LogP contribution < -0.4 is 11.2 Å². The Morgan fingerprint density at radius 1 is 1.14 bits per heavy atom. The number of aryl methyl sites for hydroxylation is 2. The van der Waals surface area contributed by atoms with E-state index < -0.39 is 11.2 Å². The number of hydrogen-bond acceptors (Lipinski definition) is 6. The topological polar surface area (TPSA) is 119 Å². The van der Waals surface area contributed by atoms with Crippen molar-refractivity contribution in [1.29, 1.82) is 0 Å². The van der Waals surface area contributed by atoms with Crippen LogP contribution in [0.25, 0.3) is 11.0 Å². The number of likely N-dealkylation sites (tertiary alicyclic amines) is 1. The molecule has 0 radical (unpaired) electrons. The summed E-state index contributed by atoms with van der Waals surface area (Å²) in [7, 11) is 0. The molecule has 2 aliphatic heterocycles. The van der Waals surface area contributed by atoms with Crippen LogP contribution >= 0.6 is 0 Å². The Morgan fingerprint density at radius 3 is 2.74 bits per heavy atom. The van der Waals surface area contributed by atoms with Gasteiger partial charge in [-0.3, -0.25) is 19.1 Å². The summed E-state index contributed by atoms with van der Waals surface area (Å²) in [4.78, 5) is 48.6. The third-order valence-corrected chi connectivity index (χ3v) is 7.19. The SMILES string of the molecule is CCCn1c(=O)[nH]c(=O)c2c(C(=O)N3CCCC3c3nnc4n3CCCCC4)cc(C(C)C)nc21. The summed E-state index contributed by atoms with van der Waals surface area (Å²) in [6.45, 7) is 7.79. The van der Waals surface area contributed by atoms with Crippen LogP contribution in [-0.2, 0) is 19.5 Å². The van der Waals surface area contributed by atoms with E-state index in [1.807, 2.05) is 25.7 Å². The standard InChI is InChI=1S/C25H33N7O3/c1-4-11-32-22-20(23(33)27-25(32)35)16(14-17(26-22)15(2)3)24(34)30-13-8-9-18(30)21-29-28-19-10-6-5-7-12-31(19)21/h14-15,18H,4-13H2,1-3H3,(H,27,33,35). The van der Waals surface area contributed by atoms with Crippen molar-refractivity contribution in [2.24, 2.45) is 0 Å². The molecule has 1 fully saturated rings. The molecule has 1 N–H and O–H groups in total. The highest BCUT2D eigenvalue weighted by molar-refractivity contribution is 6.05. The minimum absolute atomic E-state index is 0.0251. The number of amides is 1. The molecule has 0 spiro atoms. The molecule has 2 aliphatic rings. The average molecular weight is 480 g/mol. The maximum atomic E-state index is 14.1. The maximum absolute atomic E-state index is 14.1. The van der Waals surface area contributed by atoms with Crippen molar-refractivity contribution in [2.45, 2.75) is 90.8 Å². The van der Waals surface area contributed by atoms with Crippen LogP contribution in [0.3, 0.4) is 0 Å². The highest BCUT2D eigenvalue weighted by Gasteiger charge is 2.36. The summed E-state index contributed by atoms with van der Waals surface area (Å²) in [5.41, 5.74) is 0.189. The van der Waals surface area contributed by atoms with E-state index >= 15 is 0 Å². The Hall–Kier alpha value is -3.30. The molecular formula is C25H33N7O3. The van der Waals surface area contributed by atoms with Gasteiger partial charge >= 0.3 is 5.69 Å². The molecule has 1 amide bonds. The Labute approximate surface area is 203 Å². The number of fused-ring (bicyclic) bond motifs is 2. The normalized spacial score (nSPS) is 18.3. The van der Waals surface area contributed by atoms with Crippen molar-refractivity contribution in [3.63, 3.8) is 0 Å². The van der Waals surface area contributed by atoms with Gasteiger partial charge in [-0.05, 0) is 44.1 Å². The zero-order valence-electron chi connectivity index (χ0n) is 20.7. The molecule has 10 heteroatoms. The van der Waals surface area contributed by atoms with Gasteiger partial charge in [0.15, 0.2) is 11.5 Å². The first-order valence-corrected chi connectivity index (χ1v) is 12.8. The lowest BCUT2D eigenvalue weighted by Crippen LogP contribution is -2.36. The molecule has 1 atom stereocenters. The predicted molar refractivity (Wildman–Crippen MR) is 132 cm³/mol. The number of H-pyrrole nitrogens is 1. The van der Waals surface area contributed by atoms with Crippen LogP contribution in [0, 0.1) is 0 Å². The van der Waals surface area contributed by atoms with Crippen LogP contribution in [-0.4, -0.2) is 46.7 Å². The van der Waals surface area contributed by atoms with Crippen LogP contribution in [0.2, 0.25) is 0 Å². The Balaban J connectivity index is 1.64. The second-order valence-electron chi connectivity index (χ2n) is 9.95. The maximum Gasteiger partial charge on any atom is 0.329 e. The van der Waals surface area contributed by atoms with Gasteiger partial charge < -0.3 is 9.47 Å². The second kappa shape index (κ2) is 9.39. The molecule has 1 saturated heterocycles. The third kappa shape index (κ3) is 4.08. The van der Waals surface area contributed by atoms with Gasteiger partial charge in [-0.1, -0.05) is 27.2 Å². The lowest BCUT2D eigenvalue weighted by molar-refractivity contribution is 0.0728.